The number of nitrogens with zero attached hydrogens (tertiary/aromatic N) is 2. The van der Waals surface area contributed by atoms with E-state index in [9.17, 15) is 13.2 Å². The number of aromatic nitrogens is 2. The Balaban J connectivity index is 1.82. The Kier molecular flexibility index (Phi) is 5.67. The van der Waals surface area contributed by atoms with Gasteiger partial charge in [0.15, 0.2) is 0 Å². The Morgan fingerprint density at radius 2 is 1.71 bits per heavy atom. The second-order valence-electron chi connectivity index (χ2n) is 7.08. The van der Waals surface area contributed by atoms with Crippen LogP contribution in [0.5, 0.6) is 17.2 Å². The third-order valence-corrected chi connectivity index (χ3v) is 5.11. The van der Waals surface area contributed by atoms with Gasteiger partial charge in [0.25, 0.3) is 0 Å². The molecule has 31 heavy (non-hydrogen) atoms. The van der Waals surface area contributed by atoms with Crippen LogP contribution in [-0.4, -0.2) is 36.9 Å². The zero-order valence-electron chi connectivity index (χ0n) is 17.1. The maximum absolute atomic E-state index is 12.5. The van der Waals surface area contributed by atoms with Crippen LogP contribution in [0.15, 0.2) is 42.5 Å². The van der Waals surface area contributed by atoms with Crippen molar-refractivity contribution in [1.82, 2.24) is 9.78 Å². The van der Waals surface area contributed by atoms with Crippen molar-refractivity contribution in [1.29, 1.82) is 0 Å². The van der Waals surface area contributed by atoms with Crippen molar-refractivity contribution in [2.24, 2.45) is 0 Å². The molecule has 3 aromatic rings. The van der Waals surface area contributed by atoms with E-state index in [1.807, 2.05) is 18.2 Å². The Hall–Kier alpha value is -3.36. The summed E-state index contributed by atoms with van der Waals surface area (Å²) in [6.07, 6.45) is -1.93. The third kappa shape index (κ3) is 4.40. The molecule has 1 aliphatic rings. The first-order valence-corrected chi connectivity index (χ1v) is 9.84. The standard InChI is InChI=1S/C22H22F3N3O3/c1-29-16-10-11-19(30-2)18(13-16)20-17-5-3-4-12-26-21(17)28(27-20)14-6-8-15(9-7-14)31-22(23,24)25/h6-11,13,26H,3-5,12H2,1-2H3. The number of halogens is 3. The van der Waals surface area contributed by atoms with Crippen molar-refractivity contribution in [3.05, 3.63) is 48.0 Å². The molecule has 0 fully saturated rings. The number of nitrogens with one attached hydrogen (secondary N) is 1. The quantitative estimate of drug-likeness (QED) is 0.599. The predicted molar refractivity (Wildman–Crippen MR) is 110 cm³/mol. The molecule has 4 rings (SSSR count). The molecule has 164 valence electrons. The summed E-state index contributed by atoms with van der Waals surface area (Å²) in [5.74, 6) is 1.87. The van der Waals surface area contributed by atoms with E-state index in [2.05, 4.69) is 10.1 Å². The topological polar surface area (TPSA) is 57.5 Å². The van der Waals surface area contributed by atoms with Crippen LogP contribution >= 0.6 is 0 Å². The Morgan fingerprint density at radius 3 is 2.39 bits per heavy atom. The highest BCUT2D eigenvalue weighted by Crippen LogP contribution is 2.39. The molecule has 6 nitrogen and oxygen atoms in total. The molecule has 0 amide bonds. The van der Waals surface area contributed by atoms with Gasteiger partial charge in [0.05, 0.1) is 19.9 Å². The maximum Gasteiger partial charge on any atom is 0.573 e. The minimum Gasteiger partial charge on any atom is -0.497 e. The maximum atomic E-state index is 12.5. The number of hydrogen-bond donors (Lipinski definition) is 1. The van der Waals surface area contributed by atoms with Gasteiger partial charge in [-0.05, 0) is 61.7 Å². The normalized spacial score (nSPS) is 13.7. The lowest BCUT2D eigenvalue weighted by Crippen LogP contribution is -2.17. The number of methoxy groups -OCH3 is 2. The van der Waals surface area contributed by atoms with Gasteiger partial charge in [-0.3, -0.25) is 0 Å². The average molecular weight is 433 g/mol. The molecule has 1 aliphatic heterocycles. The summed E-state index contributed by atoms with van der Waals surface area (Å²) < 4.78 is 54.1. The summed E-state index contributed by atoms with van der Waals surface area (Å²) in [6, 6.07) is 11.2. The van der Waals surface area contributed by atoms with E-state index < -0.39 is 6.36 Å². The van der Waals surface area contributed by atoms with Gasteiger partial charge in [-0.2, -0.15) is 5.10 Å². The minimum absolute atomic E-state index is 0.280. The van der Waals surface area contributed by atoms with E-state index in [0.29, 0.717) is 17.2 Å². The largest absolute Gasteiger partial charge is 0.573 e. The van der Waals surface area contributed by atoms with E-state index in [4.69, 9.17) is 14.6 Å². The molecule has 0 spiro atoms. The third-order valence-electron chi connectivity index (χ3n) is 5.11. The van der Waals surface area contributed by atoms with Gasteiger partial charge in [0, 0.05) is 17.7 Å². The highest BCUT2D eigenvalue weighted by atomic mass is 19.4. The molecule has 0 saturated carbocycles. The lowest BCUT2D eigenvalue weighted by atomic mass is 10.0. The Morgan fingerprint density at radius 1 is 0.968 bits per heavy atom. The zero-order valence-corrected chi connectivity index (χ0v) is 17.1. The van der Waals surface area contributed by atoms with Gasteiger partial charge in [-0.1, -0.05) is 0 Å². The van der Waals surface area contributed by atoms with Crippen LogP contribution in [0.3, 0.4) is 0 Å². The summed E-state index contributed by atoms with van der Waals surface area (Å²) in [4.78, 5) is 0. The van der Waals surface area contributed by atoms with E-state index >= 15 is 0 Å². The van der Waals surface area contributed by atoms with Crippen LogP contribution in [0.2, 0.25) is 0 Å². The van der Waals surface area contributed by atoms with Crippen LogP contribution < -0.4 is 19.5 Å². The molecule has 9 heteroatoms. The van der Waals surface area contributed by atoms with Gasteiger partial charge < -0.3 is 19.5 Å². The van der Waals surface area contributed by atoms with Crippen LogP contribution in [0.4, 0.5) is 19.0 Å². The van der Waals surface area contributed by atoms with E-state index in [-0.39, 0.29) is 5.75 Å². The zero-order chi connectivity index (χ0) is 22.0. The number of hydrogen-bond acceptors (Lipinski definition) is 5. The van der Waals surface area contributed by atoms with Crippen LogP contribution in [0.1, 0.15) is 18.4 Å². The summed E-state index contributed by atoms with van der Waals surface area (Å²) in [5, 5.41) is 8.24. The van der Waals surface area contributed by atoms with Crippen LogP contribution in [0.25, 0.3) is 16.9 Å². The van der Waals surface area contributed by atoms with Crippen molar-refractivity contribution in [3.63, 3.8) is 0 Å². The minimum atomic E-state index is -4.73. The van der Waals surface area contributed by atoms with Crippen molar-refractivity contribution >= 4 is 5.82 Å². The van der Waals surface area contributed by atoms with Crippen molar-refractivity contribution in [2.45, 2.75) is 25.6 Å². The molecule has 0 bridgehead atoms. The highest BCUT2D eigenvalue weighted by Gasteiger charge is 2.31. The van der Waals surface area contributed by atoms with Crippen molar-refractivity contribution in [3.8, 4) is 34.2 Å². The van der Waals surface area contributed by atoms with Gasteiger partial charge in [0.2, 0.25) is 0 Å². The molecule has 1 N–H and O–H groups in total. The second-order valence-corrected chi connectivity index (χ2v) is 7.08. The van der Waals surface area contributed by atoms with Gasteiger partial charge in [-0.25, -0.2) is 4.68 Å². The lowest BCUT2D eigenvalue weighted by molar-refractivity contribution is -0.274. The molecule has 0 atom stereocenters. The molecule has 0 radical (unpaired) electrons. The molecule has 0 aliphatic carbocycles. The van der Waals surface area contributed by atoms with Gasteiger partial charge in [0.1, 0.15) is 28.8 Å². The molecular formula is C22H22F3N3O3. The molecule has 0 unspecified atom stereocenters. The predicted octanol–water partition coefficient (Wildman–Crippen LogP) is 5.20. The molecule has 2 aromatic carbocycles. The summed E-state index contributed by atoms with van der Waals surface area (Å²) in [7, 11) is 3.19. The Bertz CT molecular complexity index is 1060. The monoisotopic (exact) mass is 433 g/mol. The fourth-order valence-electron chi connectivity index (χ4n) is 3.69. The van der Waals surface area contributed by atoms with Crippen molar-refractivity contribution < 1.29 is 27.4 Å². The fourth-order valence-corrected chi connectivity index (χ4v) is 3.69. The first-order valence-electron chi connectivity index (χ1n) is 9.84. The summed E-state index contributed by atoms with van der Waals surface area (Å²) in [5.41, 5.74) is 3.18. The molecular weight excluding hydrogens is 411 g/mol. The highest BCUT2D eigenvalue weighted by molar-refractivity contribution is 5.76. The van der Waals surface area contributed by atoms with Gasteiger partial charge >= 0.3 is 6.36 Å². The summed E-state index contributed by atoms with van der Waals surface area (Å²) in [6.45, 7) is 0.780. The fraction of sp³-hybridized carbons (Fsp3) is 0.318. The van der Waals surface area contributed by atoms with E-state index in [0.717, 1.165) is 48.4 Å². The van der Waals surface area contributed by atoms with Crippen LogP contribution in [0, 0.1) is 0 Å². The molecule has 1 aromatic heterocycles. The lowest BCUT2D eigenvalue weighted by Gasteiger charge is -2.11. The molecule has 0 saturated heterocycles. The van der Waals surface area contributed by atoms with E-state index in [1.54, 1.807) is 31.0 Å². The molecule has 2 heterocycles. The smallest absolute Gasteiger partial charge is 0.497 e. The van der Waals surface area contributed by atoms with E-state index in [1.165, 1.54) is 12.1 Å². The first-order chi connectivity index (χ1) is 14.9. The van der Waals surface area contributed by atoms with Crippen molar-refractivity contribution in [2.75, 3.05) is 26.1 Å². The SMILES string of the molecule is COc1ccc(OC)c(-c2nn(-c3ccc(OC(F)(F)F)cc3)c3c2CCCCN3)c1. The number of benzene rings is 2. The van der Waals surface area contributed by atoms with Gasteiger partial charge in [-0.15, -0.1) is 13.2 Å². The number of ether oxygens (including phenoxy) is 3. The first kappa shape index (κ1) is 20.9. The second kappa shape index (κ2) is 8.41. The number of rotatable bonds is 5. The Labute approximate surface area is 177 Å². The number of anilines is 1. The number of alkyl halides is 3. The van der Waals surface area contributed by atoms with Crippen LogP contribution in [-0.2, 0) is 6.42 Å². The average Bonchev–Trinajstić information content (AvgIpc) is 2.93. The summed E-state index contributed by atoms with van der Waals surface area (Å²) >= 11 is 0. The number of fused-ring (bicyclic) bond motifs is 1.